The second-order valence-electron chi connectivity index (χ2n) is 4.06. The topological polar surface area (TPSA) is 75.4 Å². The van der Waals surface area contributed by atoms with Crippen molar-refractivity contribution in [3.63, 3.8) is 0 Å². The SMILES string of the molecule is CCC(C)C(N)C(=O)Nc1ccc(Cl)cc1O.Cl. The third-order valence-corrected chi connectivity index (χ3v) is 3.01. The lowest BCUT2D eigenvalue weighted by Crippen LogP contribution is -2.40. The van der Waals surface area contributed by atoms with E-state index < -0.39 is 6.04 Å². The summed E-state index contributed by atoms with van der Waals surface area (Å²) in [5.41, 5.74) is 6.10. The summed E-state index contributed by atoms with van der Waals surface area (Å²) in [6.45, 7) is 3.88. The van der Waals surface area contributed by atoms with Gasteiger partial charge in [0.2, 0.25) is 5.91 Å². The summed E-state index contributed by atoms with van der Waals surface area (Å²) in [5, 5.41) is 12.6. The quantitative estimate of drug-likeness (QED) is 0.747. The molecule has 0 aromatic heterocycles. The first-order chi connectivity index (χ1) is 7.95. The molecule has 6 heteroatoms. The van der Waals surface area contributed by atoms with Crippen LogP contribution in [-0.2, 0) is 4.79 Å². The predicted octanol–water partition coefficient (Wildman–Crippen LogP) is 2.78. The predicted molar refractivity (Wildman–Crippen MR) is 76.4 cm³/mol. The van der Waals surface area contributed by atoms with E-state index in [0.29, 0.717) is 10.7 Å². The van der Waals surface area contributed by atoms with Crippen LogP contribution in [0.3, 0.4) is 0 Å². The van der Waals surface area contributed by atoms with E-state index in [1.807, 2.05) is 13.8 Å². The summed E-state index contributed by atoms with van der Waals surface area (Å²) in [4.78, 5) is 11.8. The normalized spacial score (nSPS) is 13.3. The number of nitrogens with two attached hydrogens (primary N) is 1. The standard InChI is InChI=1S/C12H17ClN2O2.ClH/c1-3-7(2)11(14)12(17)15-9-5-4-8(13)6-10(9)16;/h4-7,11,16H,3,14H2,1-2H3,(H,15,17);1H. The second kappa shape index (κ2) is 7.46. The highest BCUT2D eigenvalue weighted by Gasteiger charge is 2.20. The summed E-state index contributed by atoms with van der Waals surface area (Å²) in [7, 11) is 0. The van der Waals surface area contributed by atoms with Gasteiger partial charge < -0.3 is 16.2 Å². The Labute approximate surface area is 118 Å². The monoisotopic (exact) mass is 292 g/mol. The molecule has 0 bridgehead atoms. The number of phenols is 1. The highest BCUT2D eigenvalue weighted by molar-refractivity contribution is 6.30. The maximum Gasteiger partial charge on any atom is 0.241 e. The van der Waals surface area contributed by atoms with Gasteiger partial charge in [-0.15, -0.1) is 12.4 Å². The minimum atomic E-state index is -0.588. The Morgan fingerprint density at radius 1 is 1.56 bits per heavy atom. The molecule has 0 fully saturated rings. The van der Waals surface area contributed by atoms with Crippen LogP contribution in [0.15, 0.2) is 18.2 Å². The highest BCUT2D eigenvalue weighted by Crippen LogP contribution is 2.26. The number of nitrogens with one attached hydrogen (secondary N) is 1. The first-order valence-corrected chi connectivity index (χ1v) is 5.88. The van der Waals surface area contributed by atoms with Gasteiger partial charge in [-0.1, -0.05) is 31.9 Å². The Balaban J connectivity index is 0.00000289. The lowest BCUT2D eigenvalue weighted by Gasteiger charge is -2.18. The van der Waals surface area contributed by atoms with Crippen LogP contribution < -0.4 is 11.1 Å². The lowest BCUT2D eigenvalue weighted by molar-refractivity contribution is -0.118. The first-order valence-electron chi connectivity index (χ1n) is 5.50. The van der Waals surface area contributed by atoms with E-state index in [2.05, 4.69) is 5.32 Å². The van der Waals surface area contributed by atoms with Gasteiger partial charge in [0.25, 0.3) is 0 Å². The molecule has 0 aliphatic rings. The smallest absolute Gasteiger partial charge is 0.241 e. The van der Waals surface area contributed by atoms with Crippen LogP contribution in [-0.4, -0.2) is 17.1 Å². The van der Waals surface area contributed by atoms with Crippen LogP contribution in [0.2, 0.25) is 5.02 Å². The van der Waals surface area contributed by atoms with Crippen LogP contribution >= 0.6 is 24.0 Å². The van der Waals surface area contributed by atoms with E-state index in [-0.39, 0.29) is 30.0 Å². The molecular weight excluding hydrogens is 275 g/mol. The van der Waals surface area contributed by atoms with Crippen LogP contribution in [0.25, 0.3) is 0 Å². The molecule has 0 saturated carbocycles. The van der Waals surface area contributed by atoms with Crippen LogP contribution in [0, 0.1) is 5.92 Å². The maximum atomic E-state index is 11.8. The number of carbonyl (C=O) groups excluding carboxylic acids is 1. The fourth-order valence-electron chi connectivity index (χ4n) is 1.34. The summed E-state index contributed by atoms with van der Waals surface area (Å²) < 4.78 is 0. The summed E-state index contributed by atoms with van der Waals surface area (Å²) >= 11 is 5.69. The van der Waals surface area contributed by atoms with Gasteiger partial charge in [0, 0.05) is 11.1 Å². The fourth-order valence-corrected chi connectivity index (χ4v) is 1.51. The Bertz CT molecular complexity index is 413. The third kappa shape index (κ3) is 4.37. The zero-order valence-corrected chi connectivity index (χ0v) is 11.9. The van der Waals surface area contributed by atoms with Crippen molar-refractivity contribution in [2.45, 2.75) is 26.3 Å². The lowest BCUT2D eigenvalue weighted by atomic mass is 9.99. The zero-order chi connectivity index (χ0) is 13.0. The minimum Gasteiger partial charge on any atom is -0.506 e. The Hall–Kier alpha value is -0.970. The summed E-state index contributed by atoms with van der Waals surface area (Å²) in [6.07, 6.45) is 0.821. The second-order valence-corrected chi connectivity index (χ2v) is 4.50. The van der Waals surface area contributed by atoms with Gasteiger partial charge in [0.1, 0.15) is 5.75 Å². The zero-order valence-electron chi connectivity index (χ0n) is 10.3. The van der Waals surface area contributed by atoms with E-state index in [9.17, 15) is 9.90 Å². The Morgan fingerprint density at radius 3 is 2.67 bits per heavy atom. The summed E-state index contributed by atoms with van der Waals surface area (Å²) in [6, 6.07) is 3.91. The number of phenolic OH excluding ortho intramolecular Hbond substituents is 1. The minimum absolute atomic E-state index is 0. The molecular formula is C12H18Cl2N2O2. The van der Waals surface area contributed by atoms with Gasteiger partial charge in [-0.05, 0) is 18.1 Å². The molecule has 0 aliphatic carbocycles. The Morgan fingerprint density at radius 2 is 2.17 bits per heavy atom. The molecule has 1 amide bonds. The van der Waals surface area contributed by atoms with Gasteiger partial charge in [-0.2, -0.15) is 0 Å². The van der Waals surface area contributed by atoms with E-state index in [1.54, 1.807) is 12.1 Å². The van der Waals surface area contributed by atoms with Crippen molar-refractivity contribution in [1.29, 1.82) is 0 Å². The number of amides is 1. The number of benzene rings is 1. The molecule has 2 atom stereocenters. The molecule has 0 aliphatic heterocycles. The van der Waals surface area contributed by atoms with E-state index in [4.69, 9.17) is 17.3 Å². The van der Waals surface area contributed by atoms with Crippen molar-refractivity contribution >= 4 is 35.6 Å². The van der Waals surface area contributed by atoms with E-state index in [1.165, 1.54) is 6.07 Å². The molecule has 4 nitrogen and oxygen atoms in total. The van der Waals surface area contributed by atoms with Crippen molar-refractivity contribution < 1.29 is 9.90 Å². The molecule has 2 unspecified atom stereocenters. The maximum absolute atomic E-state index is 11.8. The molecule has 0 saturated heterocycles. The molecule has 0 radical (unpaired) electrons. The van der Waals surface area contributed by atoms with Gasteiger partial charge in [0.15, 0.2) is 0 Å². The molecule has 18 heavy (non-hydrogen) atoms. The van der Waals surface area contributed by atoms with Crippen molar-refractivity contribution in [2.75, 3.05) is 5.32 Å². The number of halogens is 2. The number of hydrogen-bond acceptors (Lipinski definition) is 3. The van der Waals surface area contributed by atoms with Crippen molar-refractivity contribution in [2.24, 2.45) is 11.7 Å². The van der Waals surface area contributed by atoms with Crippen molar-refractivity contribution in [3.05, 3.63) is 23.2 Å². The average molecular weight is 293 g/mol. The van der Waals surface area contributed by atoms with Gasteiger partial charge >= 0.3 is 0 Å². The number of anilines is 1. The molecule has 1 aromatic carbocycles. The third-order valence-electron chi connectivity index (χ3n) is 2.78. The molecule has 102 valence electrons. The molecule has 4 N–H and O–H groups in total. The number of carbonyl (C=O) groups is 1. The molecule has 0 heterocycles. The molecule has 1 aromatic rings. The van der Waals surface area contributed by atoms with Gasteiger partial charge in [-0.3, -0.25) is 4.79 Å². The van der Waals surface area contributed by atoms with Crippen molar-refractivity contribution in [3.8, 4) is 5.75 Å². The number of aromatic hydroxyl groups is 1. The van der Waals surface area contributed by atoms with Gasteiger partial charge in [0.05, 0.1) is 11.7 Å². The number of rotatable bonds is 4. The van der Waals surface area contributed by atoms with Gasteiger partial charge in [-0.25, -0.2) is 0 Å². The number of hydrogen-bond donors (Lipinski definition) is 3. The van der Waals surface area contributed by atoms with Crippen LogP contribution in [0.4, 0.5) is 5.69 Å². The van der Waals surface area contributed by atoms with Crippen molar-refractivity contribution in [1.82, 2.24) is 0 Å². The van der Waals surface area contributed by atoms with Crippen LogP contribution in [0.5, 0.6) is 5.75 Å². The fraction of sp³-hybridized carbons (Fsp3) is 0.417. The highest BCUT2D eigenvalue weighted by atomic mass is 35.5. The van der Waals surface area contributed by atoms with Crippen LogP contribution in [0.1, 0.15) is 20.3 Å². The molecule has 0 spiro atoms. The first kappa shape index (κ1) is 17.0. The Kier molecular flexibility index (Phi) is 7.06. The van der Waals surface area contributed by atoms with E-state index in [0.717, 1.165) is 6.42 Å². The average Bonchev–Trinajstić information content (AvgIpc) is 2.30. The van der Waals surface area contributed by atoms with E-state index >= 15 is 0 Å². The molecule has 1 rings (SSSR count). The largest absolute Gasteiger partial charge is 0.506 e. The summed E-state index contributed by atoms with van der Waals surface area (Å²) in [5.74, 6) is -0.288.